The van der Waals surface area contributed by atoms with Crippen molar-refractivity contribution in [1.82, 2.24) is 5.32 Å². The second-order valence-electron chi connectivity index (χ2n) is 4.63. The van der Waals surface area contributed by atoms with E-state index in [1.165, 1.54) is 6.07 Å². The Kier molecular flexibility index (Phi) is 3.80. The predicted octanol–water partition coefficient (Wildman–Crippen LogP) is 2.15. The molecule has 2 rings (SSSR count). The summed E-state index contributed by atoms with van der Waals surface area (Å²) in [5.41, 5.74) is -0.279. The molecular formula is C13H14F3NO2. The van der Waals surface area contributed by atoms with E-state index in [2.05, 4.69) is 5.32 Å². The van der Waals surface area contributed by atoms with Gasteiger partial charge >= 0.3 is 6.18 Å². The predicted molar refractivity (Wildman–Crippen MR) is 62.5 cm³/mol. The van der Waals surface area contributed by atoms with E-state index in [-0.39, 0.29) is 18.4 Å². The first-order chi connectivity index (χ1) is 8.86. The first kappa shape index (κ1) is 13.9. The fourth-order valence-electron chi connectivity index (χ4n) is 1.95. The smallest absolute Gasteiger partial charge is 0.366 e. The summed E-state index contributed by atoms with van der Waals surface area (Å²) in [6, 6.07) is 4.89. The fraction of sp³-hybridized carbons (Fsp3) is 0.462. The summed E-state index contributed by atoms with van der Waals surface area (Å²) >= 11 is 0. The highest BCUT2D eigenvalue weighted by molar-refractivity contribution is 5.82. The third-order valence-corrected chi connectivity index (χ3v) is 2.90. The molecule has 1 aromatic rings. The van der Waals surface area contributed by atoms with Crippen LogP contribution in [0.25, 0.3) is 0 Å². The van der Waals surface area contributed by atoms with Crippen molar-refractivity contribution < 1.29 is 22.7 Å². The number of benzene rings is 1. The fourth-order valence-corrected chi connectivity index (χ4v) is 1.95. The highest BCUT2D eigenvalue weighted by Gasteiger charge is 2.31. The van der Waals surface area contributed by atoms with E-state index < -0.39 is 17.8 Å². The van der Waals surface area contributed by atoms with Crippen LogP contribution in [0.4, 0.5) is 13.2 Å². The monoisotopic (exact) mass is 273 g/mol. The maximum Gasteiger partial charge on any atom is 0.416 e. The molecule has 1 saturated heterocycles. The molecule has 0 aliphatic carbocycles. The quantitative estimate of drug-likeness (QED) is 0.896. The Morgan fingerprint density at radius 2 is 2.16 bits per heavy atom. The first-order valence-electron chi connectivity index (χ1n) is 5.94. The number of amides is 1. The van der Waals surface area contributed by atoms with Crippen LogP contribution in [0.1, 0.15) is 18.1 Å². The number of carbonyl (C=O) groups excluding carboxylic acids is 1. The van der Waals surface area contributed by atoms with Gasteiger partial charge in [-0.2, -0.15) is 13.2 Å². The van der Waals surface area contributed by atoms with Gasteiger partial charge < -0.3 is 10.1 Å². The van der Waals surface area contributed by atoms with Crippen LogP contribution in [0.2, 0.25) is 0 Å². The lowest BCUT2D eigenvalue weighted by Crippen LogP contribution is -2.50. The normalized spacial score (nSPS) is 24.1. The van der Waals surface area contributed by atoms with E-state index >= 15 is 0 Å². The minimum absolute atomic E-state index is 0.0646. The molecule has 1 fully saturated rings. The zero-order valence-corrected chi connectivity index (χ0v) is 10.3. The van der Waals surface area contributed by atoms with E-state index in [1.807, 2.05) is 0 Å². The first-order valence-corrected chi connectivity index (χ1v) is 5.94. The van der Waals surface area contributed by atoms with Gasteiger partial charge in [-0.15, -0.1) is 0 Å². The van der Waals surface area contributed by atoms with Crippen LogP contribution in [0.3, 0.4) is 0 Å². The number of rotatable bonds is 2. The molecule has 0 spiro atoms. The van der Waals surface area contributed by atoms with Gasteiger partial charge in [0.2, 0.25) is 5.91 Å². The van der Waals surface area contributed by atoms with Gasteiger partial charge in [-0.05, 0) is 18.6 Å². The van der Waals surface area contributed by atoms with Crippen LogP contribution in [0, 0.1) is 0 Å². The molecule has 1 N–H and O–H groups in total. The number of halogens is 3. The summed E-state index contributed by atoms with van der Waals surface area (Å²) < 4.78 is 43.0. The molecule has 1 aliphatic heterocycles. The van der Waals surface area contributed by atoms with Gasteiger partial charge in [0.25, 0.3) is 0 Å². The molecule has 0 saturated carbocycles. The summed E-state index contributed by atoms with van der Waals surface area (Å²) in [6.45, 7) is 2.17. The Bertz CT molecular complexity index is 473. The van der Waals surface area contributed by atoms with Crippen LogP contribution in [-0.2, 0) is 22.1 Å². The van der Waals surface area contributed by atoms with Crippen LogP contribution in [0.5, 0.6) is 0 Å². The lowest BCUT2D eigenvalue weighted by Gasteiger charge is -2.27. The summed E-state index contributed by atoms with van der Waals surface area (Å²) in [5.74, 6) is -0.281. The maximum atomic E-state index is 12.6. The third kappa shape index (κ3) is 3.47. The number of alkyl halides is 3. The SMILES string of the molecule is C[C@@H]1CO[C@@H](Cc2cccc(C(F)(F)F)c2)C(=O)N1. The van der Waals surface area contributed by atoms with Crippen molar-refractivity contribution in [3.8, 4) is 0 Å². The molecule has 1 aliphatic rings. The van der Waals surface area contributed by atoms with Crippen molar-refractivity contribution in [1.29, 1.82) is 0 Å². The molecule has 0 aromatic heterocycles. The molecule has 1 amide bonds. The second-order valence-corrected chi connectivity index (χ2v) is 4.63. The third-order valence-electron chi connectivity index (χ3n) is 2.90. The Morgan fingerprint density at radius 1 is 1.42 bits per heavy atom. The molecule has 6 heteroatoms. The molecule has 19 heavy (non-hydrogen) atoms. The number of morpholine rings is 1. The maximum absolute atomic E-state index is 12.6. The van der Waals surface area contributed by atoms with Crippen molar-refractivity contribution >= 4 is 5.91 Å². The Hall–Kier alpha value is -1.56. The molecule has 0 unspecified atom stereocenters. The van der Waals surface area contributed by atoms with Crippen molar-refractivity contribution in [2.24, 2.45) is 0 Å². The molecule has 1 aromatic carbocycles. The number of hydrogen-bond donors (Lipinski definition) is 1. The number of carbonyl (C=O) groups is 1. The number of ether oxygens (including phenoxy) is 1. The lowest BCUT2D eigenvalue weighted by atomic mass is 10.0. The minimum atomic E-state index is -4.37. The summed E-state index contributed by atoms with van der Waals surface area (Å²) in [7, 11) is 0. The van der Waals surface area contributed by atoms with E-state index in [1.54, 1.807) is 13.0 Å². The highest BCUT2D eigenvalue weighted by Crippen LogP contribution is 2.29. The molecule has 3 nitrogen and oxygen atoms in total. The lowest BCUT2D eigenvalue weighted by molar-refractivity contribution is -0.140. The van der Waals surface area contributed by atoms with Crippen LogP contribution < -0.4 is 5.32 Å². The van der Waals surface area contributed by atoms with Crippen molar-refractivity contribution in [3.63, 3.8) is 0 Å². The standard InChI is InChI=1S/C13H14F3NO2/c1-8-7-19-11(12(18)17-8)6-9-3-2-4-10(5-9)13(14,15)16/h2-5,8,11H,6-7H2,1H3,(H,17,18)/t8-,11+/m1/s1. The summed E-state index contributed by atoms with van der Waals surface area (Å²) in [4.78, 5) is 11.6. The van der Waals surface area contributed by atoms with E-state index in [0.29, 0.717) is 12.2 Å². The van der Waals surface area contributed by atoms with Crippen molar-refractivity contribution in [2.75, 3.05) is 6.61 Å². The Morgan fingerprint density at radius 3 is 2.79 bits per heavy atom. The van der Waals surface area contributed by atoms with Gasteiger partial charge in [0, 0.05) is 12.5 Å². The Balaban J connectivity index is 2.09. The zero-order chi connectivity index (χ0) is 14.0. The van der Waals surface area contributed by atoms with Gasteiger partial charge in [-0.1, -0.05) is 18.2 Å². The number of hydrogen-bond acceptors (Lipinski definition) is 2. The zero-order valence-electron chi connectivity index (χ0n) is 10.3. The van der Waals surface area contributed by atoms with Crippen LogP contribution in [0.15, 0.2) is 24.3 Å². The molecular weight excluding hydrogens is 259 g/mol. The van der Waals surface area contributed by atoms with Gasteiger partial charge in [0.15, 0.2) is 0 Å². The molecule has 2 atom stereocenters. The van der Waals surface area contributed by atoms with E-state index in [0.717, 1.165) is 12.1 Å². The minimum Gasteiger partial charge on any atom is -0.366 e. The van der Waals surface area contributed by atoms with Crippen molar-refractivity contribution in [3.05, 3.63) is 35.4 Å². The average Bonchev–Trinajstić information content (AvgIpc) is 2.32. The van der Waals surface area contributed by atoms with Gasteiger partial charge in [0.05, 0.1) is 12.2 Å². The van der Waals surface area contributed by atoms with Crippen molar-refractivity contribution in [2.45, 2.75) is 31.7 Å². The second kappa shape index (κ2) is 5.21. The Labute approximate surface area is 108 Å². The van der Waals surface area contributed by atoms with E-state index in [9.17, 15) is 18.0 Å². The molecule has 0 bridgehead atoms. The molecule has 0 radical (unpaired) electrons. The van der Waals surface area contributed by atoms with Gasteiger partial charge in [-0.3, -0.25) is 4.79 Å². The highest BCUT2D eigenvalue weighted by atomic mass is 19.4. The van der Waals surface area contributed by atoms with Gasteiger partial charge in [-0.25, -0.2) is 0 Å². The average molecular weight is 273 g/mol. The van der Waals surface area contributed by atoms with Crippen LogP contribution >= 0.6 is 0 Å². The molecule has 1 heterocycles. The largest absolute Gasteiger partial charge is 0.416 e. The topological polar surface area (TPSA) is 38.3 Å². The van der Waals surface area contributed by atoms with E-state index in [4.69, 9.17) is 4.74 Å². The summed E-state index contributed by atoms with van der Waals surface area (Å²) in [5, 5.41) is 2.71. The molecule has 104 valence electrons. The van der Waals surface area contributed by atoms with Gasteiger partial charge in [0.1, 0.15) is 6.10 Å². The summed E-state index contributed by atoms with van der Waals surface area (Å²) in [6.07, 6.45) is -4.96. The van der Waals surface area contributed by atoms with Crippen LogP contribution in [-0.4, -0.2) is 24.7 Å². The number of nitrogens with one attached hydrogen (secondary N) is 1.